The van der Waals surface area contributed by atoms with E-state index in [9.17, 15) is 4.39 Å². The molecular formula is C21H24FN5. The first kappa shape index (κ1) is 18.8. The number of nitrogens with zero attached hydrogens (tertiary/aromatic N) is 5. The second kappa shape index (κ2) is 8.58. The second-order valence-electron chi connectivity index (χ2n) is 6.43. The third-order valence-corrected chi connectivity index (χ3v) is 4.54. The standard InChI is InChI=1S/C21H24FN5/c1-4-17(12-19(22)5-2)15-27-16(3)8-9-20(25-27)18-13-23-21(24-14-18)26-10-6-7-11-26/h4-5,8-9,12-14H,2-3,6-7,10-11,15H2,1H3/b17-4+,19-12+. The van der Waals surface area contributed by atoms with Crippen molar-refractivity contribution in [1.29, 1.82) is 0 Å². The van der Waals surface area contributed by atoms with Crippen molar-refractivity contribution in [3.05, 3.63) is 78.6 Å². The lowest BCUT2D eigenvalue weighted by molar-refractivity contribution is 0.409. The lowest BCUT2D eigenvalue weighted by Crippen LogP contribution is -2.24. The van der Waals surface area contributed by atoms with Crippen LogP contribution in [0, 0.1) is 0 Å². The molecule has 5 nitrogen and oxygen atoms in total. The Balaban J connectivity index is 1.77. The van der Waals surface area contributed by atoms with Crippen LogP contribution in [0.2, 0.25) is 0 Å². The van der Waals surface area contributed by atoms with Gasteiger partial charge in [0.25, 0.3) is 0 Å². The molecule has 0 aromatic carbocycles. The summed E-state index contributed by atoms with van der Waals surface area (Å²) in [6, 6.07) is 0. The minimum atomic E-state index is -0.378. The Labute approximate surface area is 159 Å². The molecule has 0 aliphatic carbocycles. The molecule has 1 fully saturated rings. The van der Waals surface area contributed by atoms with Crippen LogP contribution in [0.3, 0.4) is 0 Å². The van der Waals surface area contributed by atoms with Gasteiger partial charge in [-0.15, -0.1) is 0 Å². The lowest BCUT2D eigenvalue weighted by Gasteiger charge is -2.24. The fourth-order valence-electron chi connectivity index (χ4n) is 2.94. The van der Waals surface area contributed by atoms with Gasteiger partial charge in [-0.05, 0) is 49.6 Å². The highest BCUT2D eigenvalue weighted by Gasteiger charge is 2.17. The van der Waals surface area contributed by atoms with E-state index in [1.807, 2.05) is 25.2 Å². The monoisotopic (exact) mass is 365 g/mol. The van der Waals surface area contributed by atoms with Gasteiger partial charge in [0.1, 0.15) is 5.83 Å². The summed E-state index contributed by atoms with van der Waals surface area (Å²) in [5.41, 5.74) is 3.10. The Morgan fingerprint density at radius 1 is 1.22 bits per heavy atom. The van der Waals surface area contributed by atoms with Crippen LogP contribution < -0.4 is 4.90 Å². The van der Waals surface area contributed by atoms with Crippen LogP contribution in [0.4, 0.5) is 10.3 Å². The van der Waals surface area contributed by atoms with Gasteiger partial charge in [0.15, 0.2) is 0 Å². The summed E-state index contributed by atoms with van der Waals surface area (Å²) in [6.07, 6.45) is 14.2. The third kappa shape index (κ3) is 4.58. The van der Waals surface area contributed by atoms with Crippen LogP contribution in [0.25, 0.3) is 0 Å². The molecule has 27 heavy (non-hydrogen) atoms. The van der Waals surface area contributed by atoms with Gasteiger partial charge in [-0.3, -0.25) is 5.01 Å². The Hall–Kier alpha value is -3.02. The molecule has 3 rings (SSSR count). The Bertz CT molecular complexity index is 827. The normalized spacial score (nSPS) is 18.1. The van der Waals surface area contributed by atoms with E-state index in [0.717, 1.165) is 41.6 Å². The smallest absolute Gasteiger partial charge is 0.225 e. The average Bonchev–Trinajstić information content (AvgIpc) is 3.24. The summed E-state index contributed by atoms with van der Waals surface area (Å²) in [5, 5.41) is 6.37. The molecule has 140 valence electrons. The maximum atomic E-state index is 13.5. The zero-order valence-electron chi connectivity index (χ0n) is 15.6. The van der Waals surface area contributed by atoms with Crippen LogP contribution in [-0.4, -0.2) is 40.3 Å². The highest BCUT2D eigenvalue weighted by Crippen LogP contribution is 2.19. The highest BCUT2D eigenvalue weighted by molar-refractivity contribution is 6.09. The number of hydrazone groups is 1. The number of halogens is 1. The maximum Gasteiger partial charge on any atom is 0.225 e. The van der Waals surface area contributed by atoms with Crippen molar-refractivity contribution in [2.75, 3.05) is 24.5 Å². The number of rotatable bonds is 6. The number of allylic oxidation sites excluding steroid dienone is 5. The molecule has 0 bridgehead atoms. The summed E-state index contributed by atoms with van der Waals surface area (Å²) in [7, 11) is 0. The molecule has 0 saturated carbocycles. The summed E-state index contributed by atoms with van der Waals surface area (Å²) < 4.78 is 13.5. The quantitative estimate of drug-likeness (QED) is 0.711. The van der Waals surface area contributed by atoms with Crippen molar-refractivity contribution in [3.8, 4) is 0 Å². The fourth-order valence-corrected chi connectivity index (χ4v) is 2.94. The van der Waals surface area contributed by atoms with Crippen LogP contribution in [-0.2, 0) is 0 Å². The number of hydrogen-bond acceptors (Lipinski definition) is 5. The Morgan fingerprint density at radius 3 is 2.56 bits per heavy atom. The first-order chi connectivity index (χ1) is 13.1. The maximum absolute atomic E-state index is 13.5. The van der Waals surface area contributed by atoms with Gasteiger partial charge >= 0.3 is 0 Å². The predicted octanol–water partition coefficient (Wildman–Crippen LogP) is 4.15. The molecule has 0 atom stereocenters. The predicted molar refractivity (Wildman–Crippen MR) is 108 cm³/mol. The fraction of sp³-hybridized carbons (Fsp3) is 0.286. The molecule has 6 heteroatoms. The van der Waals surface area contributed by atoms with Gasteiger partial charge in [-0.1, -0.05) is 19.2 Å². The van der Waals surface area contributed by atoms with Gasteiger partial charge < -0.3 is 4.90 Å². The molecule has 2 aliphatic rings. The van der Waals surface area contributed by atoms with Crippen molar-refractivity contribution in [1.82, 2.24) is 15.0 Å². The van der Waals surface area contributed by atoms with E-state index in [1.165, 1.54) is 25.0 Å². The number of aromatic nitrogens is 2. The van der Waals surface area contributed by atoms with Crippen molar-refractivity contribution in [3.63, 3.8) is 0 Å². The molecular weight excluding hydrogens is 341 g/mol. The van der Waals surface area contributed by atoms with E-state index < -0.39 is 0 Å². The van der Waals surface area contributed by atoms with E-state index in [2.05, 4.69) is 33.1 Å². The van der Waals surface area contributed by atoms with Crippen LogP contribution >= 0.6 is 0 Å². The van der Waals surface area contributed by atoms with E-state index in [-0.39, 0.29) is 5.83 Å². The summed E-state index contributed by atoms with van der Waals surface area (Å²) in [6.45, 7) is 11.7. The molecule has 2 aliphatic heterocycles. The second-order valence-corrected chi connectivity index (χ2v) is 6.43. The van der Waals surface area contributed by atoms with Crippen molar-refractivity contribution in [2.45, 2.75) is 19.8 Å². The highest BCUT2D eigenvalue weighted by atomic mass is 19.1. The third-order valence-electron chi connectivity index (χ3n) is 4.54. The van der Waals surface area contributed by atoms with E-state index in [0.29, 0.717) is 6.54 Å². The summed E-state index contributed by atoms with van der Waals surface area (Å²) in [4.78, 5) is 11.2. The molecule has 1 saturated heterocycles. The molecule has 1 aromatic heterocycles. The van der Waals surface area contributed by atoms with Crippen molar-refractivity contribution in [2.24, 2.45) is 5.10 Å². The van der Waals surface area contributed by atoms with Crippen molar-refractivity contribution < 1.29 is 4.39 Å². The molecule has 1 aromatic rings. The van der Waals surface area contributed by atoms with Crippen LogP contribution in [0.15, 0.2) is 78.1 Å². The molecule has 0 spiro atoms. The largest absolute Gasteiger partial charge is 0.341 e. The SMILES string of the molecule is C=C/C(F)=C\C(=C/C)CN1N=C(c2cnc(N3CCCC3)nc2)C=CC1=C. The van der Waals surface area contributed by atoms with Crippen LogP contribution in [0.1, 0.15) is 25.3 Å². The molecule has 0 unspecified atom stereocenters. The first-order valence-electron chi connectivity index (χ1n) is 9.06. The summed E-state index contributed by atoms with van der Waals surface area (Å²) in [5.74, 6) is 0.385. The molecule has 3 heterocycles. The van der Waals surface area contributed by atoms with E-state index >= 15 is 0 Å². The number of hydrogen-bond donors (Lipinski definition) is 0. The van der Waals surface area contributed by atoms with Gasteiger partial charge in [-0.2, -0.15) is 5.10 Å². The van der Waals surface area contributed by atoms with Crippen molar-refractivity contribution >= 4 is 11.7 Å². The van der Waals surface area contributed by atoms with Gasteiger partial charge in [0.05, 0.1) is 18.0 Å². The zero-order valence-corrected chi connectivity index (χ0v) is 15.6. The molecule has 0 amide bonds. The first-order valence-corrected chi connectivity index (χ1v) is 9.06. The minimum Gasteiger partial charge on any atom is -0.341 e. The van der Waals surface area contributed by atoms with Gasteiger partial charge in [0.2, 0.25) is 5.95 Å². The lowest BCUT2D eigenvalue weighted by atomic mass is 10.1. The topological polar surface area (TPSA) is 44.6 Å². The van der Waals surface area contributed by atoms with E-state index in [4.69, 9.17) is 0 Å². The number of anilines is 1. The van der Waals surface area contributed by atoms with Gasteiger partial charge in [0, 0.05) is 31.0 Å². The minimum absolute atomic E-state index is 0.378. The van der Waals surface area contributed by atoms with Crippen LogP contribution in [0.5, 0.6) is 0 Å². The molecule has 0 radical (unpaired) electrons. The van der Waals surface area contributed by atoms with E-state index in [1.54, 1.807) is 17.4 Å². The average molecular weight is 365 g/mol. The van der Waals surface area contributed by atoms with Gasteiger partial charge in [-0.25, -0.2) is 14.4 Å². The Morgan fingerprint density at radius 2 is 1.93 bits per heavy atom. The molecule has 0 N–H and O–H groups in total. The zero-order chi connectivity index (χ0) is 19.2. The Kier molecular flexibility index (Phi) is 5.96. The summed E-state index contributed by atoms with van der Waals surface area (Å²) >= 11 is 0.